The van der Waals surface area contributed by atoms with Crippen molar-refractivity contribution in [1.82, 2.24) is 20.2 Å². The van der Waals surface area contributed by atoms with E-state index in [0.29, 0.717) is 12.5 Å². The fourth-order valence-electron chi connectivity index (χ4n) is 2.45. The van der Waals surface area contributed by atoms with Crippen molar-refractivity contribution in [2.24, 2.45) is 0 Å². The Bertz CT molecular complexity index is 786. The molecule has 3 rings (SSSR count). The van der Waals surface area contributed by atoms with E-state index in [2.05, 4.69) is 26.7 Å². The summed E-state index contributed by atoms with van der Waals surface area (Å²) in [6.45, 7) is 6.09. The number of thiophene rings is 1. The largest absolute Gasteiger partial charge is 0.352 e. The number of amides is 3. The van der Waals surface area contributed by atoms with E-state index in [0.717, 1.165) is 10.6 Å². The molecule has 1 aliphatic heterocycles. The van der Waals surface area contributed by atoms with Gasteiger partial charge in [-0.25, -0.2) is 14.8 Å². The smallest absolute Gasteiger partial charge is 0.325 e. The summed E-state index contributed by atoms with van der Waals surface area (Å²) >= 11 is 1.67. The molecule has 3 amide bonds. The second-order valence-corrected chi connectivity index (χ2v) is 7.40. The molecule has 8 heteroatoms. The van der Waals surface area contributed by atoms with E-state index in [1.54, 1.807) is 31.4 Å². The van der Waals surface area contributed by atoms with Gasteiger partial charge in [0.2, 0.25) is 5.95 Å². The van der Waals surface area contributed by atoms with Crippen molar-refractivity contribution in [2.45, 2.75) is 26.3 Å². The highest BCUT2D eigenvalue weighted by molar-refractivity contribution is 7.15. The average Bonchev–Trinajstić information content (AvgIpc) is 3.04. The molecule has 0 aliphatic carbocycles. The van der Waals surface area contributed by atoms with Gasteiger partial charge in [-0.3, -0.25) is 9.69 Å². The molecule has 126 valence electrons. The number of carbonyl (C=O) groups excluding carboxylic acids is 2. The van der Waals surface area contributed by atoms with Crippen LogP contribution in [0.3, 0.4) is 0 Å². The Morgan fingerprint density at radius 3 is 2.71 bits per heavy atom. The SMILES string of the molecule is Cc1ccc(-c2ccnc(NCCN3C(=O)NC(C)(C)C3=O)n2)s1. The van der Waals surface area contributed by atoms with Gasteiger partial charge in [0.15, 0.2) is 0 Å². The van der Waals surface area contributed by atoms with E-state index in [4.69, 9.17) is 0 Å². The summed E-state index contributed by atoms with van der Waals surface area (Å²) in [6.07, 6.45) is 1.69. The quantitative estimate of drug-likeness (QED) is 0.812. The molecule has 0 radical (unpaired) electrons. The minimum atomic E-state index is -0.843. The highest BCUT2D eigenvalue weighted by atomic mass is 32.1. The lowest BCUT2D eigenvalue weighted by Crippen LogP contribution is -2.40. The van der Waals surface area contributed by atoms with Gasteiger partial charge in [-0.15, -0.1) is 11.3 Å². The number of anilines is 1. The van der Waals surface area contributed by atoms with Crippen LogP contribution < -0.4 is 10.6 Å². The van der Waals surface area contributed by atoms with Crippen LogP contribution in [0.5, 0.6) is 0 Å². The molecule has 2 aromatic heterocycles. The Hall–Kier alpha value is -2.48. The van der Waals surface area contributed by atoms with Crippen LogP contribution in [-0.4, -0.2) is 45.4 Å². The minimum Gasteiger partial charge on any atom is -0.352 e. The summed E-state index contributed by atoms with van der Waals surface area (Å²) in [5.74, 6) is 0.253. The maximum absolute atomic E-state index is 12.1. The Morgan fingerprint density at radius 2 is 2.08 bits per heavy atom. The molecule has 1 aliphatic rings. The zero-order valence-corrected chi connectivity index (χ0v) is 14.6. The number of rotatable bonds is 5. The van der Waals surface area contributed by atoms with Crippen LogP contribution in [0.15, 0.2) is 24.4 Å². The van der Waals surface area contributed by atoms with Crippen molar-refractivity contribution in [3.63, 3.8) is 0 Å². The van der Waals surface area contributed by atoms with Crippen LogP contribution in [0.1, 0.15) is 18.7 Å². The highest BCUT2D eigenvalue weighted by Gasteiger charge is 2.43. The second kappa shape index (κ2) is 6.20. The van der Waals surface area contributed by atoms with E-state index in [-0.39, 0.29) is 18.5 Å². The highest BCUT2D eigenvalue weighted by Crippen LogP contribution is 2.26. The number of nitrogens with zero attached hydrogens (tertiary/aromatic N) is 3. The van der Waals surface area contributed by atoms with Gasteiger partial charge in [0.1, 0.15) is 5.54 Å². The molecule has 0 aromatic carbocycles. The summed E-state index contributed by atoms with van der Waals surface area (Å²) < 4.78 is 0. The van der Waals surface area contributed by atoms with Gasteiger partial charge in [0.05, 0.1) is 10.6 Å². The lowest BCUT2D eigenvalue weighted by molar-refractivity contribution is -0.130. The molecule has 0 bridgehead atoms. The van der Waals surface area contributed by atoms with Crippen molar-refractivity contribution in [1.29, 1.82) is 0 Å². The Kier molecular flexibility index (Phi) is 4.23. The van der Waals surface area contributed by atoms with Gasteiger partial charge in [0.25, 0.3) is 5.91 Å². The molecule has 0 atom stereocenters. The third-order valence-electron chi connectivity index (χ3n) is 3.71. The molecule has 1 saturated heterocycles. The van der Waals surface area contributed by atoms with Crippen LogP contribution >= 0.6 is 11.3 Å². The number of imide groups is 1. The Morgan fingerprint density at radius 1 is 1.29 bits per heavy atom. The minimum absolute atomic E-state index is 0.224. The van der Waals surface area contributed by atoms with Crippen LogP contribution in [0, 0.1) is 6.92 Å². The maximum Gasteiger partial charge on any atom is 0.325 e. The third-order valence-corrected chi connectivity index (χ3v) is 4.73. The van der Waals surface area contributed by atoms with E-state index in [1.807, 2.05) is 19.1 Å². The molecule has 0 unspecified atom stereocenters. The number of aryl methyl sites for hydroxylation is 1. The van der Waals surface area contributed by atoms with Crippen LogP contribution in [0.25, 0.3) is 10.6 Å². The summed E-state index contributed by atoms with van der Waals surface area (Å²) in [5, 5.41) is 5.72. The summed E-state index contributed by atoms with van der Waals surface area (Å²) in [5.41, 5.74) is 0.00609. The zero-order valence-electron chi connectivity index (χ0n) is 13.8. The molecular weight excluding hydrogens is 326 g/mol. The van der Waals surface area contributed by atoms with E-state index < -0.39 is 5.54 Å². The number of hydrogen-bond acceptors (Lipinski definition) is 6. The Balaban J connectivity index is 1.62. The van der Waals surface area contributed by atoms with Crippen molar-refractivity contribution in [3.8, 4) is 10.6 Å². The molecule has 0 saturated carbocycles. The lowest BCUT2D eigenvalue weighted by Gasteiger charge is -2.16. The van der Waals surface area contributed by atoms with Crippen LogP contribution in [0.2, 0.25) is 0 Å². The van der Waals surface area contributed by atoms with Crippen molar-refractivity contribution in [2.75, 3.05) is 18.4 Å². The van der Waals surface area contributed by atoms with Crippen LogP contribution in [0.4, 0.5) is 10.7 Å². The molecular formula is C16H19N5O2S. The number of aromatic nitrogens is 2. The van der Waals surface area contributed by atoms with Crippen molar-refractivity contribution in [3.05, 3.63) is 29.3 Å². The van der Waals surface area contributed by atoms with E-state index >= 15 is 0 Å². The predicted molar refractivity (Wildman–Crippen MR) is 92.9 cm³/mol. The number of urea groups is 1. The first-order valence-electron chi connectivity index (χ1n) is 7.65. The zero-order chi connectivity index (χ0) is 17.3. The van der Waals surface area contributed by atoms with Gasteiger partial charge in [0, 0.05) is 24.2 Å². The molecule has 3 heterocycles. The van der Waals surface area contributed by atoms with Crippen molar-refractivity contribution < 1.29 is 9.59 Å². The van der Waals surface area contributed by atoms with Gasteiger partial charge in [-0.1, -0.05) is 0 Å². The normalized spacial score (nSPS) is 16.4. The first kappa shape index (κ1) is 16.4. The standard InChI is InChI=1S/C16H19N5O2S/c1-10-4-5-12(24-10)11-6-7-17-14(19-11)18-8-9-21-13(22)16(2,3)20-15(21)23/h4-7H,8-9H2,1-3H3,(H,20,23)(H,17,18,19). The molecule has 7 nitrogen and oxygen atoms in total. The second-order valence-electron chi connectivity index (χ2n) is 6.11. The lowest BCUT2D eigenvalue weighted by atomic mass is 10.1. The third kappa shape index (κ3) is 3.23. The fraction of sp³-hybridized carbons (Fsp3) is 0.375. The summed E-state index contributed by atoms with van der Waals surface area (Å²) in [7, 11) is 0. The molecule has 0 spiro atoms. The first-order valence-corrected chi connectivity index (χ1v) is 8.46. The van der Waals surface area contributed by atoms with E-state index in [9.17, 15) is 9.59 Å². The fourth-order valence-corrected chi connectivity index (χ4v) is 3.29. The topological polar surface area (TPSA) is 87.2 Å². The van der Waals surface area contributed by atoms with Gasteiger partial charge >= 0.3 is 6.03 Å². The van der Waals surface area contributed by atoms with Gasteiger partial charge < -0.3 is 10.6 Å². The molecule has 2 N–H and O–H groups in total. The summed E-state index contributed by atoms with van der Waals surface area (Å²) in [4.78, 5) is 36.1. The summed E-state index contributed by atoms with van der Waals surface area (Å²) in [6, 6.07) is 5.57. The van der Waals surface area contributed by atoms with Crippen LogP contribution in [-0.2, 0) is 4.79 Å². The Labute approximate surface area is 144 Å². The number of hydrogen-bond donors (Lipinski definition) is 2. The predicted octanol–water partition coefficient (Wildman–Crippen LogP) is 2.26. The molecule has 2 aromatic rings. The average molecular weight is 345 g/mol. The molecule has 1 fully saturated rings. The van der Waals surface area contributed by atoms with Crippen molar-refractivity contribution >= 4 is 29.2 Å². The monoisotopic (exact) mass is 345 g/mol. The number of nitrogens with one attached hydrogen (secondary N) is 2. The number of carbonyl (C=O) groups is 2. The van der Waals surface area contributed by atoms with Gasteiger partial charge in [-0.2, -0.15) is 0 Å². The van der Waals surface area contributed by atoms with E-state index in [1.165, 1.54) is 9.78 Å². The molecule has 24 heavy (non-hydrogen) atoms. The first-order chi connectivity index (χ1) is 11.4. The maximum atomic E-state index is 12.1. The van der Waals surface area contributed by atoms with Gasteiger partial charge in [-0.05, 0) is 39.0 Å².